The molecule has 0 spiro atoms. The number of carbonyl (C=O) groups excluding carboxylic acids is 1. The summed E-state index contributed by atoms with van der Waals surface area (Å²) < 4.78 is 7.11. The van der Waals surface area contributed by atoms with Crippen LogP contribution in [0.1, 0.15) is 99.0 Å². The van der Waals surface area contributed by atoms with Crippen molar-refractivity contribution in [3.63, 3.8) is 0 Å². The largest absolute Gasteiger partial charge is 0.458 e. The third-order valence-corrected chi connectivity index (χ3v) is 8.21. The van der Waals surface area contributed by atoms with Gasteiger partial charge in [0.2, 0.25) is 0 Å². The summed E-state index contributed by atoms with van der Waals surface area (Å²) in [4.78, 5) is 14.8. The Morgan fingerprint density at radius 1 is 1.00 bits per heavy atom. The van der Waals surface area contributed by atoms with Gasteiger partial charge in [0.15, 0.2) is 0 Å². The Morgan fingerprint density at radius 2 is 1.74 bits per heavy atom. The minimum atomic E-state index is -0.106. The highest BCUT2D eigenvalue weighted by Crippen LogP contribution is 2.36. The van der Waals surface area contributed by atoms with Crippen molar-refractivity contribution in [3.05, 3.63) is 21.9 Å². The molecule has 0 bridgehead atoms. The molecule has 1 aliphatic rings. The zero-order valence-corrected chi connectivity index (χ0v) is 18.6. The van der Waals surface area contributed by atoms with Gasteiger partial charge < -0.3 is 4.74 Å². The molecule has 0 N–H and O–H groups in total. The number of fused-ring (bicyclic) bond motifs is 1. The average Bonchev–Trinajstić information content (AvgIpc) is 3.22. The number of esters is 1. The molecule has 2 aromatic rings. The van der Waals surface area contributed by atoms with E-state index in [-0.39, 0.29) is 12.1 Å². The minimum absolute atomic E-state index is 0.106. The molecule has 150 valence electrons. The van der Waals surface area contributed by atoms with E-state index in [2.05, 4.69) is 19.9 Å². The Kier molecular flexibility index (Phi) is 8.20. The van der Waals surface area contributed by atoms with Crippen LogP contribution >= 0.6 is 22.7 Å². The van der Waals surface area contributed by atoms with E-state index in [0.717, 1.165) is 23.6 Å². The normalized spacial score (nSPS) is 20.2. The van der Waals surface area contributed by atoms with Gasteiger partial charge in [-0.1, -0.05) is 52.4 Å². The first-order valence-corrected chi connectivity index (χ1v) is 12.6. The van der Waals surface area contributed by atoms with Crippen LogP contribution in [0.3, 0.4) is 0 Å². The highest BCUT2D eigenvalue weighted by atomic mass is 32.2. The van der Waals surface area contributed by atoms with Gasteiger partial charge in [0, 0.05) is 10.3 Å². The summed E-state index contributed by atoms with van der Waals surface area (Å²) in [5.41, 5.74) is 0. The van der Waals surface area contributed by atoms with Crippen molar-refractivity contribution in [2.45, 2.75) is 97.0 Å². The second-order valence-corrected chi connectivity index (χ2v) is 10.5. The molecule has 0 aliphatic heterocycles. The molecule has 4 heteroatoms. The summed E-state index contributed by atoms with van der Waals surface area (Å²) >= 11 is 3.46. The fourth-order valence-corrected chi connectivity index (χ4v) is 6.51. The molecule has 2 nitrogen and oxygen atoms in total. The number of ether oxygens (including phenoxy) is 1. The standard InChI is InChI=1S/C23H34O2S2/c1-3-5-7-9-17-11-13-19(14-12-17)25-22(24)21-16-18-15-20(10-8-6-4-2)26-23(18)27-21/h15-17,19H,3-14H2,1-2H3/t17-,19-. The molecule has 3 rings (SSSR count). The van der Waals surface area contributed by atoms with Crippen LogP contribution in [0, 0.1) is 5.92 Å². The van der Waals surface area contributed by atoms with Gasteiger partial charge in [-0.15, -0.1) is 22.7 Å². The maximum absolute atomic E-state index is 12.6. The molecular weight excluding hydrogens is 372 g/mol. The lowest BCUT2D eigenvalue weighted by Crippen LogP contribution is -2.24. The van der Waals surface area contributed by atoms with Crippen molar-refractivity contribution < 1.29 is 9.53 Å². The number of unbranched alkanes of at least 4 members (excludes halogenated alkanes) is 4. The summed E-state index contributed by atoms with van der Waals surface area (Å²) in [6.45, 7) is 4.50. The Bertz CT molecular complexity index is 676. The van der Waals surface area contributed by atoms with Crippen LogP contribution in [0.2, 0.25) is 0 Å². The molecule has 0 aromatic carbocycles. The molecular formula is C23H34O2S2. The predicted octanol–water partition coefficient (Wildman–Crippen LogP) is 7.99. The second-order valence-electron chi connectivity index (χ2n) is 8.07. The summed E-state index contributed by atoms with van der Waals surface area (Å²) in [5.74, 6) is 0.745. The second kappa shape index (κ2) is 10.6. The van der Waals surface area contributed by atoms with Crippen LogP contribution in [0.5, 0.6) is 0 Å². The molecule has 1 aliphatic carbocycles. The van der Waals surface area contributed by atoms with Gasteiger partial charge in [0.25, 0.3) is 0 Å². The van der Waals surface area contributed by atoms with Crippen molar-refractivity contribution in [1.82, 2.24) is 0 Å². The Labute approximate surface area is 172 Å². The molecule has 0 atom stereocenters. The maximum atomic E-state index is 12.6. The van der Waals surface area contributed by atoms with Crippen LogP contribution in [-0.2, 0) is 11.2 Å². The van der Waals surface area contributed by atoms with Crippen molar-refractivity contribution in [1.29, 1.82) is 0 Å². The van der Waals surface area contributed by atoms with E-state index >= 15 is 0 Å². The first-order valence-electron chi connectivity index (χ1n) is 10.9. The van der Waals surface area contributed by atoms with Gasteiger partial charge in [0.05, 0.1) is 4.01 Å². The number of hydrogen-bond donors (Lipinski definition) is 0. The third-order valence-electron chi connectivity index (χ3n) is 5.78. The van der Waals surface area contributed by atoms with Crippen LogP contribution in [0.4, 0.5) is 0 Å². The lowest BCUT2D eigenvalue weighted by atomic mass is 9.84. The molecule has 0 saturated heterocycles. The number of hydrogen-bond acceptors (Lipinski definition) is 4. The first-order chi connectivity index (χ1) is 13.2. The summed E-state index contributed by atoms with van der Waals surface area (Å²) in [6.07, 6.45) is 15.0. The molecule has 1 fully saturated rings. The summed E-state index contributed by atoms with van der Waals surface area (Å²) in [6, 6.07) is 4.31. The smallest absolute Gasteiger partial charge is 0.348 e. The van der Waals surface area contributed by atoms with E-state index in [1.54, 1.807) is 11.3 Å². The molecule has 0 unspecified atom stereocenters. The monoisotopic (exact) mass is 406 g/mol. The average molecular weight is 407 g/mol. The Balaban J connectivity index is 1.46. The van der Waals surface area contributed by atoms with E-state index in [1.165, 1.54) is 78.5 Å². The van der Waals surface area contributed by atoms with Gasteiger partial charge in [-0.25, -0.2) is 4.79 Å². The van der Waals surface area contributed by atoms with Crippen molar-refractivity contribution in [3.8, 4) is 0 Å². The summed E-state index contributed by atoms with van der Waals surface area (Å²) in [5, 5.41) is 1.23. The van der Waals surface area contributed by atoms with Gasteiger partial charge >= 0.3 is 5.97 Å². The first kappa shape index (κ1) is 20.9. The number of carbonyl (C=O) groups is 1. The zero-order chi connectivity index (χ0) is 19.1. The zero-order valence-electron chi connectivity index (χ0n) is 16.9. The van der Waals surface area contributed by atoms with Crippen molar-refractivity contribution in [2.24, 2.45) is 5.92 Å². The lowest BCUT2D eigenvalue weighted by molar-refractivity contribution is 0.0166. The maximum Gasteiger partial charge on any atom is 0.348 e. The van der Waals surface area contributed by atoms with E-state index in [1.807, 2.05) is 17.4 Å². The molecule has 2 heterocycles. The third kappa shape index (κ3) is 6.05. The molecule has 0 amide bonds. The van der Waals surface area contributed by atoms with E-state index in [4.69, 9.17) is 4.74 Å². The SMILES string of the molecule is CCCCCc1cc2cc(C(=O)O[C@H]3CC[C@H](CCCCC)CC3)sc2s1. The van der Waals surface area contributed by atoms with Gasteiger partial charge in [-0.2, -0.15) is 0 Å². The Hall–Kier alpha value is -0.870. The number of rotatable bonds is 10. The van der Waals surface area contributed by atoms with Crippen LogP contribution < -0.4 is 0 Å². The van der Waals surface area contributed by atoms with Crippen molar-refractivity contribution in [2.75, 3.05) is 0 Å². The summed E-state index contributed by atoms with van der Waals surface area (Å²) in [7, 11) is 0. The molecule has 27 heavy (non-hydrogen) atoms. The molecule has 2 aromatic heterocycles. The number of thiophene rings is 2. The van der Waals surface area contributed by atoms with Gasteiger partial charge in [0.1, 0.15) is 11.0 Å². The topological polar surface area (TPSA) is 26.3 Å². The van der Waals surface area contributed by atoms with E-state index < -0.39 is 0 Å². The van der Waals surface area contributed by atoms with Crippen LogP contribution in [0.25, 0.3) is 9.40 Å². The van der Waals surface area contributed by atoms with Crippen molar-refractivity contribution >= 4 is 38.0 Å². The number of aryl methyl sites for hydroxylation is 1. The van der Waals surface area contributed by atoms with Crippen LogP contribution in [-0.4, -0.2) is 12.1 Å². The Morgan fingerprint density at radius 3 is 2.44 bits per heavy atom. The predicted molar refractivity (Wildman–Crippen MR) is 118 cm³/mol. The van der Waals surface area contributed by atoms with E-state index in [9.17, 15) is 4.79 Å². The fraction of sp³-hybridized carbons (Fsp3) is 0.696. The lowest BCUT2D eigenvalue weighted by Gasteiger charge is -2.28. The highest BCUT2D eigenvalue weighted by molar-refractivity contribution is 7.39. The quantitative estimate of drug-likeness (QED) is 0.295. The molecule has 0 radical (unpaired) electrons. The highest BCUT2D eigenvalue weighted by Gasteiger charge is 2.25. The molecule has 1 saturated carbocycles. The minimum Gasteiger partial charge on any atom is -0.458 e. The van der Waals surface area contributed by atoms with Gasteiger partial charge in [-0.3, -0.25) is 0 Å². The van der Waals surface area contributed by atoms with Gasteiger partial charge in [-0.05, 0) is 56.6 Å². The van der Waals surface area contributed by atoms with E-state index in [0.29, 0.717) is 0 Å². The van der Waals surface area contributed by atoms with Crippen LogP contribution in [0.15, 0.2) is 12.1 Å². The fourth-order valence-electron chi connectivity index (χ4n) is 4.09.